The van der Waals surface area contributed by atoms with E-state index in [2.05, 4.69) is 26.7 Å². The van der Waals surface area contributed by atoms with Crippen molar-refractivity contribution in [2.24, 2.45) is 7.05 Å². The lowest BCUT2D eigenvalue weighted by molar-refractivity contribution is 0.0935. The van der Waals surface area contributed by atoms with E-state index in [0.717, 1.165) is 32.7 Å². The van der Waals surface area contributed by atoms with Gasteiger partial charge in [-0.2, -0.15) is 4.98 Å². The van der Waals surface area contributed by atoms with E-state index in [1.54, 1.807) is 43.0 Å². The van der Waals surface area contributed by atoms with Crippen molar-refractivity contribution >= 4 is 17.1 Å². The van der Waals surface area contributed by atoms with Gasteiger partial charge in [0.05, 0.1) is 13.7 Å². The average molecular weight is 459 g/mol. The van der Waals surface area contributed by atoms with Crippen molar-refractivity contribution in [3.8, 4) is 11.5 Å². The number of aliphatic hydroxyl groups excluding tert-OH is 1. The van der Waals surface area contributed by atoms with Crippen molar-refractivity contribution in [1.82, 2.24) is 24.0 Å². The zero-order valence-corrected chi connectivity index (χ0v) is 19.2. The predicted octanol–water partition coefficient (Wildman–Crippen LogP) is 0.0137. The van der Waals surface area contributed by atoms with E-state index < -0.39 is 17.4 Å². The van der Waals surface area contributed by atoms with Gasteiger partial charge in [-0.3, -0.25) is 14.3 Å². The van der Waals surface area contributed by atoms with Crippen LogP contribution >= 0.6 is 0 Å². The molecule has 2 N–H and O–H groups in total. The van der Waals surface area contributed by atoms with Crippen LogP contribution < -0.4 is 25.6 Å². The number of hydrogen-bond donors (Lipinski definition) is 2. The minimum absolute atomic E-state index is 0.0265. The van der Waals surface area contributed by atoms with Gasteiger partial charge in [-0.05, 0) is 30.8 Å². The van der Waals surface area contributed by atoms with Crippen LogP contribution in [0.1, 0.15) is 6.92 Å². The number of anilines is 1. The van der Waals surface area contributed by atoms with Crippen LogP contribution in [-0.2, 0) is 13.6 Å². The monoisotopic (exact) mass is 458 g/mol. The molecule has 3 aromatic rings. The van der Waals surface area contributed by atoms with Crippen molar-refractivity contribution in [1.29, 1.82) is 0 Å². The molecule has 1 fully saturated rings. The minimum atomic E-state index is -0.906. The summed E-state index contributed by atoms with van der Waals surface area (Å²) in [7, 11) is 3.16. The highest BCUT2D eigenvalue weighted by Gasteiger charge is 2.25. The molecular formula is C22H30N6O5. The number of rotatable bonds is 8. The first kappa shape index (κ1) is 22.9. The van der Waals surface area contributed by atoms with Gasteiger partial charge < -0.3 is 28.9 Å². The lowest BCUT2D eigenvalue weighted by Gasteiger charge is -2.35. The Morgan fingerprint density at radius 2 is 1.79 bits per heavy atom. The number of ether oxygens (including phenoxy) is 2. The highest BCUT2D eigenvalue weighted by molar-refractivity contribution is 5.74. The normalized spacial score (nSPS) is 15.7. The van der Waals surface area contributed by atoms with E-state index in [1.165, 1.54) is 4.57 Å². The molecule has 1 saturated heterocycles. The molecule has 0 bridgehead atoms. The number of H-pyrrole nitrogens is 1. The third kappa shape index (κ3) is 4.74. The fourth-order valence-corrected chi connectivity index (χ4v) is 4.03. The molecule has 33 heavy (non-hydrogen) atoms. The molecule has 0 amide bonds. The molecule has 2 aromatic heterocycles. The predicted molar refractivity (Wildman–Crippen MR) is 124 cm³/mol. The Kier molecular flexibility index (Phi) is 6.70. The van der Waals surface area contributed by atoms with Gasteiger partial charge in [0.25, 0.3) is 5.56 Å². The van der Waals surface area contributed by atoms with E-state index in [-0.39, 0.29) is 18.7 Å². The number of methoxy groups -OCH3 is 1. The van der Waals surface area contributed by atoms with Crippen LogP contribution in [-0.4, -0.2) is 81.7 Å². The van der Waals surface area contributed by atoms with E-state index >= 15 is 0 Å². The van der Waals surface area contributed by atoms with Crippen molar-refractivity contribution in [2.45, 2.75) is 19.6 Å². The van der Waals surface area contributed by atoms with Crippen LogP contribution in [0.5, 0.6) is 11.5 Å². The number of imidazole rings is 1. The molecule has 11 heteroatoms. The summed E-state index contributed by atoms with van der Waals surface area (Å²) in [5.74, 6) is 1.88. The number of aliphatic hydroxyl groups is 1. The Morgan fingerprint density at radius 1 is 1.12 bits per heavy atom. The number of nitrogens with one attached hydrogen (secondary N) is 1. The summed E-state index contributed by atoms with van der Waals surface area (Å²) in [6.07, 6.45) is -0.906. The fourth-order valence-electron chi connectivity index (χ4n) is 4.03. The summed E-state index contributed by atoms with van der Waals surface area (Å²) in [5.41, 5.74) is -0.501. The van der Waals surface area contributed by atoms with Gasteiger partial charge >= 0.3 is 5.69 Å². The summed E-state index contributed by atoms with van der Waals surface area (Å²) in [5, 5.41) is 10.8. The van der Waals surface area contributed by atoms with E-state index in [9.17, 15) is 14.7 Å². The van der Waals surface area contributed by atoms with Gasteiger partial charge in [0.15, 0.2) is 11.2 Å². The van der Waals surface area contributed by atoms with Crippen molar-refractivity contribution < 1.29 is 14.6 Å². The first-order valence-corrected chi connectivity index (χ1v) is 11.0. The molecule has 0 spiro atoms. The van der Waals surface area contributed by atoms with Crippen LogP contribution in [0.25, 0.3) is 11.2 Å². The maximum atomic E-state index is 12.7. The summed E-state index contributed by atoms with van der Waals surface area (Å²) in [6, 6.07) is 7.08. The molecule has 1 aliphatic heterocycles. The second kappa shape index (κ2) is 9.67. The number of aromatic amines is 1. The average Bonchev–Trinajstić information content (AvgIpc) is 3.21. The van der Waals surface area contributed by atoms with Gasteiger partial charge in [0, 0.05) is 33.2 Å². The molecule has 1 aromatic carbocycles. The number of fused-ring (bicyclic) bond motifs is 1. The summed E-state index contributed by atoms with van der Waals surface area (Å²) < 4.78 is 13.9. The minimum Gasteiger partial charge on any atom is -0.497 e. The standard InChI is InChI=1S/C22H30N6O5/c1-4-26-9-11-27(12-10-26)21-23-19-18(20(30)24-22(31)25(19)2)28(21)13-15(29)14-33-17-7-5-16(32-3)6-8-17/h5-8,15,29H,4,9-14H2,1-3H3,(H,24,30,31). The Labute approximate surface area is 190 Å². The molecule has 1 aliphatic rings. The molecule has 1 unspecified atom stereocenters. The maximum absolute atomic E-state index is 12.7. The third-order valence-electron chi connectivity index (χ3n) is 5.98. The number of benzene rings is 1. The first-order chi connectivity index (χ1) is 15.9. The third-order valence-corrected chi connectivity index (χ3v) is 5.98. The molecule has 11 nitrogen and oxygen atoms in total. The Hall–Kier alpha value is -3.31. The van der Waals surface area contributed by atoms with Crippen LogP contribution in [0, 0.1) is 0 Å². The zero-order chi connectivity index (χ0) is 23.5. The zero-order valence-electron chi connectivity index (χ0n) is 19.2. The van der Waals surface area contributed by atoms with Gasteiger partial charge in [-0.1, -0.05) is 6.92 Å². The highest BCUT2D eigenvalue weighted by Crippen LogP contribution is 2.22. The van der Waals surface area contributed by atoms with Crippen LogP contribution in [0.15, 0.2) is 33.9 Å². The Morgan fingerprint density at radius 3 is 2.42 bits per heavy atom. The number of hydrogen-bond acceptors (Lipinski definition) is 8. The molecule has 1 atom stereocenters. The first-order valence-electron chi connectivity index (χ1n) is 11.0. The maximum Gasteiger partial charge on any atom is 0.329 e. The van der Waals surface area contributed by atoms with Crippen LogP contribution in [0.4, 0.5) is 5.95 Å². The molecule has 178 valence electrons. The van der Waals surface area contributed by atoms with Crippen molar-refractivity contribution in [3.63, 3.8) is 0 Å². The van der Waals surface area contributed by atoms with Gasteiger partial charge in [-0.15, -0.1) is 0 Å². The lowest BCUT2D eigenvalue weighted by Crippen LogP contribution is -2.47. The molecule has 0 aliphatic carbocycles. The largest absolute Gasteiger partial charge is 0.497 e. The van der Waals surface area contributed by atoms with Crippen LogP contribution in [0.3, 0.4) is 0 Å². The number of aryl methyl sites for hydroxylation is 1. The Balaban J connectivity index is 1.61. The molecule has 0 radical (unpaired) electrons. The van der Waals surface area contributed by atoms with Crippen LogP contribution in [0.2, 0.25) is 0 Å². The van der Waals surface area contributed by atoms with Crippen molar-refractivity contribution in [2.75, 3.05) is 51.3 Å². The highest BCUT2D eigenvalue weighted by atomic mass is 16.5. The second-order valence-corrected chi connectivity index (χ2v) is 8.07. The van der Waals surface area contributed by atoms with Crippen molar-refractivity contribution in [3.05, 3.63) is 45.1 Å². The molecular weight excluding hydrogens is 428 g/mol. The topological polar surface area (TPSA) is 118 Å². The van der Waals surface area contributed by atoms with Gasteiger partial charge in [0.1, 0.15) is 24.2 Å². The van der Waals surface area contributed by atoms with Gasteiger partial charge in [-0.25, -0.2) is 4.79 Å². The van der Waals surface area contributed by atoms with E-state index in [0.29, 0.717) is 23.1 Å². The number of aromatic nitrogens is 4. The number of nitrogens with zero attached hydrogens (tertiary/aromatic N) is 5. The molecule has 3 heterocycles. The molecule has 0 saturated carbocycles. The fraction of sp³-hybridized carbons (Fsp3) is 0.500. The van der Waals surface area contributed by atoms with Gasteiger partial charge in [0.2, 0.25) is 5.95 Å². The summed E-state index contributed by atoms with van der Waals surface area (Å²) >= 11 is 0. The smallest absolute Gasteiger partial charge is 0.329 e. The number of piperazine rings is 1. The summed E-state index contributed by atoms with van der Waals surface area (Å²) in [4.78, 5) is 36.2. The number of likely N-dealkylation sites (N-methyl/N-ethyl adjacent to an activating group) is 1. The quantitative estimate of drug-likeness (QED) is 0.485. The second-order valence-electron chi connectivity index (χ2n) is 8.07. The van der Waals surface area contributed by atoms with E-state index in [4.69, 9.17) is 9.47 Å². The Bertz CT molecular complexity index is 1210. The summed E-state index contributed by atoms with van der Waals surface area (Å²) in [6.45, 7) is 6.44. The SMILES string of the molecule is CCN1CCN(c2nc3c(c(=O)[nH]c(=O)n3C)n2CC(O)COc2ccc(OC)cc2)CC1. The lowest BCUT2D eigenvalue weighted by atomic mass is 10.3. The molecule has 4 rings (SSSR count). The van der Waals surface area contributed by atoms with E-state index in [1.807, 2.05) is 0 Å².